The van der Waals surface area contributed by atoms with E-state index in [2.05, 4.69) is 24.9 Å². The van der Waals surface area contributed by atoms with Crippen molar-refractivity contribution in [2.24, 2.45) is 0 Å². The van der Waals surface area contributed by atoms with Gasteiger partial charge in [0.15, 0.2) is 0 Å². The molecule has 1 aliphatic rings. The summed E-state index contributed by atoms with van der Waals surface area (Å²) < 4.78 is 5.50. The Kier molecular flexibility index (Phi) is 2.82. The van der Waals surface area contributed by atoms with Crippen molar-refractivity contribution >= 4 is 12.6 Å². The zero-order chi connectivity index (χ0) is 6.69. The van der Waals surface area contributed by atoms with Crippen LogP contribution in [0.4, 0.5) is 0 Å². The van der Waals surface area contributed by atoms with E-state index in [1.54, 1.807) is 0 Å². The van der Waals surface area contributed by atoms with Gasteiger partial charge in [0, 0.05) is 18.8 Å². The van der Waals surface area contributed by atoms with Gasteiger partial charge in [-0.25, -0.2) is 0 Å². The Morgan fingerprint density at radius 3 is 2.89 bits per heavy atom. The molecule has 2 atom stereocenters. The van der Waals surface area contributed by atoms with Crippen molar-refractivity contribution in [3.63, 3.8) is 0 Å². The maximum Gasteiger partial charge on any atom is 0.0791 e. The number of rotatable bonds is 1. The second-order valence-electron chi connectivity index (χ2n) is 2.41. The molecule has 54 valence electrons. The van der Waals surface area contributed by atoms with Gasteiger partial charge in [-0.2, -0.15) is 12.6 Å². The second kappa shape index (κ2) is 3.44. The molecule has 0 aromatic rings. The summed E-state index contributed by atoms with van der Waals surface area (Å²) in [5.41, 5.74) is 0. The zero-order valence-corrected chi connectivity index (χ0v) is 6.53. The van der Waals surface area contributed by atoms with Gasteiger partial charge in [0.1, 0.15) is 0 Å². The van der Waals surface area contributed by atoms with Gasteiger partial charge in [-0.1, -0.05) is 0 Å². The Labute approximate surface area is 61.4 Å². The standard InChI is InChI=1S/C6H13NOS/c1-5-2-7-3-6(4-9)8-5/h5-7,9H,2-4H2,1H3. The highest BCUT2D eigenvalue weighted by Crippen LogP contribution is 2.03. The smallest absolute Gasteiger partial charge is 0.0791 e. The van der Waals surface area contributed by atoms with Gasteiger partial charge < -0.3 is 10.1 Å². The van der Waals surface area contributed by atoms with Gasteiger partial charge in [0.2, 0.25) is 0 Å². The molecule has 0 spiro atoms. The van der Waals surface area contributed by atoms with E-state index >= 15 is 0 Å². The molecule has 0 radical (unpaired) electrons. The molecular weight excluding hydrogens is 134 g/mol. The van der Waals surface area contributed by atoms with Crippen molar-refractivity contribution in [2.75, 3.05) is 18.8 Å². The molecular formula is C6H13NOS. The molecule has 0 aromatic heterocycles. The van der Waals surface area contributed by atoms with Gasteiger partial charge in [-0.3, -0.25) is 0 Å². The van der Waals surface area contributed by atoms with Crippen molar-refractivity contribution in [1.82, 2.24) is 5.32 Å². The van der Waals surface area contributed by atoms with Crippen LogP contribution >= 0.6 is 12.6 Å². The van der Waals surface area contributed by atoms with Gasteiger partial charge in [0.05, 0.1) is 12.2 Å². The zero-order valence-electron chi connectivity index (χ0n) is 5.63. The lowest BCUT2D eigenvalue weighted by molar-refractivity contribution is -0.0139. The first-order valence-corrected chi connectivity index (χ1v) is 3.93. The van der Waals surface area contributed by atoms with Crippen LogP contribution in [0.25, 0.3) is 0 Å². The molecule has 1 fully saturated rings. The molecule has 0 aliphatic carbocycles. The first-order chi connectivity index (χ1) is 4.33. The molecule has 1 aliphatic heterocycles. The fourth-order valence-electron chi connectivity index (χ4n) is 0.980. The van der Waals surface area contributed by atoms with Crippen LogP contribution in [0.5, 0.6) is 0 Å². The van der Waals surface area contributed by atoms with Crippen LogP contribution in [0.3, 0.4) is 0 Å². The van der Waals surface area contributed by atoms with Crippen molar-refractivity contribution in [3.8, 4) is 0 Å². The third kappa shape index (κ3) is 2.16. The fraction of sp³-hybridized carbons (Fsp3) is 1.00. The van der Waals surface area contributed by atoms with Crippen LogP contribution in [0, 0.1) is 0 Å². The van der Waals surface area contributed by atoms with Gasteiger partial charge in [-0.05, 0) is 6.92 Å². The predicted octanol–water partition coefficient (Wildman–Crippen LogP) is 0.293. The highest BCUT2D eigenvalue weighted by molar-refractivity contribution is 7.80. The number of hydrogen-bond donors (Lipinski definition) is 2. The summed E-state index contributed by atoms with van der Waals surface area (Å²) in [7, 11) is 0. The monoisotopic (exact) mass is 147 g/mol. The molecule has 1 saturated heterocycles. The molecule has 0 bridgehead atoms. The summed E-state index contributed by atoms with van der Waals surface area (Å²) in [5, 5.41) is 3.26. The molecule has 1 heterocycles. The highest BCUT2D eigenvalue weighted by atomic mass is 32.1. The average Bonchev–Trinajstić information content (AvgIpc) is 1.88. The molecule has 3 heteroatoms. The second-order valence-corrected chi connectivity index (χ2v) is 2.77. The third-order valence-electron chi connectivity index (χ3n) is 1.43. The Balaban J connectivity index is 2.23. The summed E-state index contributed by atoms with van der Waals surface area (Å²) in [5.74, 6) is 0.817. The molecule has 0 amide bonds. The predicted molar refractivity (Wildman–Crippen MR) is 41.1 cm³/mol. The van der Waals surface area contributed by atoms with Crippen molar-refractivity contribution in [3.05, 3.63) is 0 Å². The lowest BCUT2D eigenvalue weighted by Gasteiger charge is -2.27. The Hall–Kier alpha value is 0.270. The lowest BCUT2D eigenvalue weighted by atomic mass is 10.3. The number of hydrogen-bond acceptors (Lipinski definition) is 3. The van der Waals surface area contributed by atoms with E-state index in [1.165, 1.54) is 0 Å². The molecule has 9 heavy (non-hydrogen) atoms. The normalized spacial score (nSPS) is 36.7. The van der Waals surface area contributed by atoms with E-state index in [0.29, 0.717) is 12.2 Å². The maximum atomic E-state index is 5.50. The summed E-state index contributed by atoms with van der Waals surface area (Å²) in [6, 6.07) is 0. The first-order valence-electron chi connectivity index (χ1n) is 3.30. The van der Waals surface area contributed by atoms with E-state index in [4.69, 9.17) is 4.74 Å². The molecule has 0 aromatic carbocycles. The van der Waals surface area contributed by atoms with Crippen molar-refractivity contribution < 1.29 is 4.74 Å². The van der Waals surface area contributed by atoms with E-state index < -0.39 is 0 Å². The number of thiol groups is 1. The van der Waals surface area contributed by atoms with E-state index in [9.17, 15) is 0 Å². The van der Waals surface area contributed by atoms with Crippen LogP contribution in [0.1, 0.15) is 6.92 Å². The largest absolute Gasteiger partial charge is 0.372 e. The van der Waals surface area contributed by atoms with E-state index in [1.807, 2.05) is 0 Å². The Morgan fingerprint density at radius 2 is 2.44 bits per heavy atom. The van der Waals surface area contributed by atoms with E-state index in [0.717, 1.165) is 18.8 Å². The van der Waals surface area contributed by atoms with Gasteiger partial charge in [0.25, 0.3) is 0 Å². The van der Waals surface area contributed by atoms with E-state index in [-0.39, 0.29) is 0 Å². The molecule has 0 saturated carbocycles. The van der Waals surface area contributed by atoms with Crippen LogP contribution in [-0.4, -0.2) is 31.1 Å². The minimum Gasteiger partial charge on any atom is -0.372 e. The van der Waals surface area contributed by atoms with Crippen LogP contribution in [-0.2, 0) is 4.74 Å². The minimum atomic E-state index is 0.317. The minimum absolute atomic E-state index is 0.317. The molecule has 1 N–H and O–H groups in total. The summed E-state index contributed by atoms with van der Waals surface area (Å²) >= 11 is 4.14. The van der Waals surface area contributed by atoms with Crippen molar-refractivity contribution in [2.45, 2.75) is 19.1 Å². The average molecular weight is 147 g/mol. The summed E-state index contributed by atoms with van der Waals surface area (Å²) in [6.07, 6.45) is 0.674. The fourth-order valence-corrected chi connectivity index (χ4v) is 1.20. The molecule has 1 rings (SSSR count). The Bertz CT molecular complexity index is 89.1. The van der Waals surface area contributed by atoms with Gasteiger partial charge >= 0.3 is 0 Å². The Morgan fingerprint density at radius 1 is 1.67 bits per heavy atom. The van der Waals surface area contributed by atoms with Crippen LogP contribution in [0.15, 0.2) is 0 Å². The quantitative estimate of drug-likeness (QED) is 0.520. The number of nitrogens with one attached hydrogen (secondary N) is 1. The maximum absolute atomic E-state index is 5.50. The molecule has 2 unspecified atom stereocenters. The van der Waals surface area contributed by atoms with Gasteiger partial charge in [-0.15, -0.1) is 0 Å². The summed E-state index contributed by atoms with van der Waals surface area (Å²) in [6.45, 7) is 4.00. The number of ether oxygens (including phenoxy) is 1. The third-order valence-corrected chi connectivity index (χ3v) is 1.84. The SMILES string of the molecule is CC1CNCC(CS)O1. The molecule has 2 nitrogen and oxygen atoms in total. The van der Waals surface area contributed by atoms with Crippen LogP contribution in [0.2, 0.25) is 0 Å². The number of morpholine rings is 1. The topological polar surface area (TPSA) is 21.3 Å². The van der Waals surface area contributed by atoms with Crippen LogP contribution < -0.4 is 5.32 Å². The van der Waals surface area contributed by atoms with Crippen molar-refractivity contribution in [1.29, 1.82) is 0 Å². The lowest BCUT2D eigenvalue weighted by Crippen LogP contribution is -2.44. The highest BCUT2D eigenvalue weighted by Gasteiger charge is 2.16. The summed E-state index contributed by atoms with van der Waals surface area (Å²) in [4.78, 5) is 0. The first kappa shape index (κ1) is 7.38.